The fourth-order valence-corrected chi connectivity index (χ4v) is 4.39. The van der Waals surface area contributed by atoms with Gasteiger partial charge in [0.25, 0.3) is 11.8 Å². The normalized spacial score (nSPS) is 15.1. The van der Waals surface area contributed by atoms with Crippen LogP contribution in [0, 0.1) is 0 Å². The van der Waals surface area contributed by atoms with Crippen LogP contribution in [0.2, 0.25) is 0 Å². The Morgan fingerprint density at radius 3 is 2.76 bits per heavy atom. The molecular weight excluding hydrogens is 384 g/mol. The van der Waals surface area contributed by atoms with E-state index < -0.39 is 0 Å². The zero-order valence-corrected chi connectivity index (χ0v) is 16.9. The van der Waals surface area contributed by atoms with E-state index in [9.17, 15) is 9.59 Å². The molecule has 4 rings (SSSR count). The van der Waals surface area contributed by atoms with Crippen molar-refractivity contribution >= 4 is 34.5 Å². The molecule has 2 N–H and O–H groups in total. The van der Waals surface area contributed by atoms with Crippen molar-refractivity contribution in [2.24, 2.45) is 0 Å². The first-order valence-corrected chi connectivity index (χ1v) is 10.4. The molecule has 3 aromatic rings. The van der Waals surface area contributed by atoms with E-state index in [1.807, 2.05) is 6.07 Å². The predicted molar refractivity (Wildman–Crippen MR) is 116 cm³/mol. The summed E-state index contributed by atoms with van der Waals surface area (Å²) in [5, 5.41) is 7.60. The first-order chi connectivity index (χ1) is 14.1. The third-order valence-corrected chi connectivity index (χ3v) is 5.96. The van der Waals surface area contributed by atoms with Crippen LogP contribution in [0.5, 0.6) is 0 Å². The summed E-state index contributed by atoms with van der Waals surface area (Å²) in [6, 6.07) is 13.8. The van der Waals surface area contributed by atoms with Gasteiger partial charge in [0.15, 0.2) is 0 Å². The molecule has 2 amide bonds. The molecule has 7 heteroatoms. The highest BCUT2D eigenvalue weighted by Gasteiger charge is 2.25. The molecule has 0 bridgehead atoms. The molecule has 0 radical (unpaired) electrons. The van der Waals surface area contributed by atoms with Crippen molar-refractivity contribution in [2.45, 2.75) is 19.4 Å². The van der Waals surface area contributed by atoms with Crippen LogP contribution in [0.4, 0.5) is 11.4 Å². The number of benzene rings is 1. The van der Waals surface area contributed by atoms with Crippen molar-refractivity contribution in [2.75, 3.05) is 23.3 Å². The molecule has 29 heavy (non-hydrogen) atoms. The van der Waals surface area contributed by atoms with Crippen LogP contribution < -0.4 is 15.5 Å². The van der Waals surface area contributed by atoms with Crippen LogP contribution in [-0.4, -0.2) is 35.9 Å². The van der Waals surface area contributed by atoms with Gasteiger partial charge in [-0.2, -0.15) is 0 Å². The second-order valence-electron chi connectivity index (χ2n) is 6.98. The average molecular weight is 407 g/mol. The van der Waals surface area contributed by atoms with Gasteiger partial charge in [0.2, 0.25) is 0 Å². The zero-order chi connectivity index (χ0) is 20.2. The van der Waals surface area contributed by atoms with Gasteiger partial charge in [-0.05, 0) is 48.6 Å². The fourth-order valence-electron chi connectivity index (χ4n) is 3.62. The number of anilines is 2. The third kappa shape index (κ3) is 4.14. The number of pyridine rings is 1. The van der Waals surface area contributed by atoms with Gasteiger partial charge in [-0.1, -0.05) is 18.2 Å². The number of hydrogen-bond donors (Lipinski definition) is 2. The van der Waals surface area contributed by atoms with Gasteiger partial charge in [-0.3, -0.25) is 14.6 Å². The highest BCUT2D eigenvalue weighted by atomic mass is 32.1. The molecule has 0 saturated carbocycles. The van der Waals surface area contributed by atoms with Crippen molar-refractivity contribution in [3.8, 4) is 0 Å². The largest absolute Gasteiger partial charge is 0.367 e. The maximum atomic E-state index is 12.7. The lowest BCUT2D eigenvalue weighted by Gasteiger charge is -2.25. The van der Waals surface area contributed by atoms with Gasteiger partial charge >= 0.3 is 0 Å². The minimum Gasteiger partial charge on any atom is -0.367 e. The second kappa shape index (κ2) is 8.45. The number of hydrogen-bond acceptors (Lipinski definition) is 5. The van der Waals surface area contributed by atoms with E-state index in [0.29, 0.717) is 28.7 Å². The number of aromatic nitrogens is 1. The van der Waals surface area contributed by atoms with Crippen LogP contribution in [0.1, 0.15) is 32.5 Å². The van der Waals surface area contributed by atoms with Crippen LogP contribution in [0.25, 0.3) is 0 Å². The Morgan fingerprint density at radius 1 is 1.14 bits per heavy atom. The Kier molecular flexibility index (Phi) is 5.57. The van der Waals surface area contributed by atoms with E-state index in [1.54, 1.807) is 36.0 Å². The van der Waals surface area contributed by atoms with E-state index >= 15 is 0 Å². The Labute approximate surface area is 173 Å². The van der Waals surface area contributed by atoms with E-state index in [-0.39, 0.29) is 11.8 Å². The van der Waals surface area contributed by atoms with Crippen LogP contribution in [-0.2, 0) is 6.42 Å². The van der Waals surface area contributed by atoms with Gasteiger partial charge in [-0.25, -0.2) is 0 Å². The number of nitrogens with one attached hydrogen (secondary N) is 2. The van der Waals surface area contributed by atoms with E-state index in [1.165, 1.54) is 22.6 Å². The van der Waals surface area contributed by atoms with Crippen molar-refractivity contribution in [1.82, 2.24) is 10.3 Å². The topological polar surface area (TPSA) is 74.3 Å². The van der Waals surface area contributed by atoms with Gasteiger partial charge in [-0.15, -0.1) is 11.3 Å². The minimum absolute atomic E-state index is 0.176. The molecule has 148 valence electrons. The van der Waals surface area contributed by atoms with Crippen molar-refractivity contribution in [3.05, 3.63) is 76.2 Å². The lowest BCUT2D eigenvalue weighted by Crippen LogP contribution is -2.37. The summed E-state index contributed by atoms with van der Waals surface area (Å²) in [7, 11) is 0. The Balaban J connectivity index is 1.35. The molecular formula is C22H22N4O2S. The van der Waals surface area contributed by atoms with Crippen LogP contribution in [0.3, 0.4) is 0 Å². The maximum absolute atomic E-state index is 12.7. The Morgan fingerprint density at radius 2 is 1.93 bits per heavy atom. The molecule has 1 atom stereocenters. The first-order valence-electron chi connectivity index (χ1n) is 9.55. The Bertz CT molecular complexity index is 1020. The number of carbonyl (C=O) groups is 2. The molecule has 1 aliphatic heterocycles. The summed E-state index contributed by atoms with van der Waals surface area (Å²) in [6.45, 7) is 3.48. The molecule has 0 fully saturated rings. The highest BCUT2D eigenvalue weighted by molar-refractivity contribution is 7.12. The summed E-state index contributed by atoms with van der Waals surface area (Å²) in [5.74, 6) is -0.437. The summed E-state index contributed by atoms with van der Waals surface area (Å²) in [6.07, 6.45) is 4.15. The number of thiophene rings is 1. The number of rotatable bonds is 6. The van der Waals surface area contributed by atoms with Crippen LogP contribution >= 0.6 is 11.3 Å². The smallest absolute Gasteiger partial charge is 0.263 e. The SMILES string of the molecule is CC1Cc2ccccc2N1CCNC(=O)c1sccc1NC(=O)c1ccncc1. The summed E-state index contributed by atoms with van der Waals surface area (Å²) < 4.78 is 0. The van der Waals surface area contributed by atoms with Gasteiger partial charge in [0, 0.05) is 42.8 Å². The predicted octanol–water partition coefficient (Wildman–Crippen LogP) is 3.58. The number of para-hydroxylation sites is 1. The Hall–Kier alpha value is -3.19. The first kappa shape index (κ1) is 19.1. The van der Waals surface area contributed by atoms with Crippen molar-refractivity contribution in [3.63, 3.8) is 0 Å². The summed E-state index contributed by atoms with van der Waals surface area (Å²) in [5.41, 5.74) is 3.62. The van der Waals surface area contributed by atoms with Crippen molar-refractivity contribution < 1.29 is 9.59 Å². The molecule has 3 heterocycles. The molecule has 0 aliphatic carbocycles. The van der Waals surface area contributed by atoms with Gasteiger partial charge in [0.1, 0.15) is 4.88 Å². The van der Waals surface area contributed by atoms with Crippen LogP contribution in [0.15, 0.2) is 60.2 Å². The van der Waals surface area contributed by atoms with E-state index in [0.717, 1.165) is 13.0 Å². The summed E-state index contributed by atoms with van der Waals surface area (Å²) >= 11 is 1.31. The second-order valence-corrected chi connectivity index (χ2v) is 7.90. The van der Waals surface area contributed by atoms with Gasteiger partial charge < -0.3 is 15.5 Å². The fraction of sp³-hybridized carbons (Fsp3) is 0.227. The van der Waals surface area contributed by atoms with Crippen molar-refractivity contribution in [1.29, 1.82) is 0 Å². The molecule has 1 aromatic carbocycles. The number of carbonyl (C=O) groups excluding carboxylic acids is 2. The molecule has 2 aromatic heterocycles. The molecule has 0 spiro atoms. The quantitative estimate of drug-likeness (QED) is 0.656. The van der Waals surface area contributed by atoms with Gasteiger partial charge in [0.05, 0.1) is 5.69 Å². The number of amides is 2. The monoisotopic (exact) mass is 406 g/mol. The average Bonchev–Trinajstić information content (AvgIpc) is 3.32. The molecule has 6 nitrogen and oxygen atoms in total. The zero-order valence-electron chi connectivity index (χ0n) is 16.1. The number of nitrogens with zero attached hydrogens (tertiary/aromatic N) is 2. The lowest BCUT2D eigenvalue weighted by atomic mass is 10.1. The standard InChI is InChI=1S/C22H22N4O2S/c1-15-14-17-4-2-3-5-19(17)26(15)12-11-24-22(28)20-18(8-13-29-20)25-21(27)16-6-9-23-10-7-16/h2-10,13,15H,11-12,14H2,1H3,(H,24,28)(H,25,27). The highest BCUT2D eigenvalue weighted by Crippen LogP contribution is 2.31. The van der Waals surface area contributed by atoms with E-state index in [4.69, 9.17) is 0 Å². The third-order valence-electron chi connectivity index (χ3n) is 5.05. The lowest BCUT2D eigenvalue weighted by molar-refractivity contribution is 0.0959. The van der Waals surface area contributed by atoms with E-state index in [2.05, 4.69) is 45.6 Å². The molecule has 0 saturated heterocycles. The molecule has 1 aliphatic rings. The maximum Gasteiger partial charge on any atom is 0.263 e. The minimum atomic E-state index is -0.262. The number of fused-ring (bicyclic) bond motifs is 1. The summed E-state index contributed by atoms with van der Waals surface area (Å²) in [4.78, 5) is 31.8. The molecule has 1 unspecified atom stereocenters.